The predicted octanol–water partition coefficient (Wildman–Crippen LogP) is 1.93. The van der Waals surface area contributed by atoms with Gasteiger partial charge in [-0.25, -0.2) is 0 Å². The number of aromatic amines is 1. The third kappa shape index (κ3) is 2.37. The van der Waals surface area contributed by atoms with Crippen LogP contribution in [-0.2, 0) is 4.79 Å². The van der Waals surface area contributed by atoms with E-state index >= 15 is 0 Å². The number of nitrogens with zero attached hydrogens (tertiary/aromatic N) is 1. The van der Waals surface area contributed by atoms with Crippen molar-refractivity contribution in [1.82, 2.24) is 4.98 Å². The Hall–Kier alpha value is -2.48. The Bertz CT molecular complexity index is 595. The first-order chi connectivity index (χ1) is 8.20. The van der Waals surface area contributed by atoms with E-state index in [-0.39, 0.29) is 6.42 Å². The molecule has 1 aromatic heterocycles. The highest BCUT2D eigenvalue weighted by atomic mass is 16.4. The Balaban J connectivity index is 2.25. The smallest absolute Gasteiger partial charge is 0.305 e. The third-order valence-corrected chi connectivity index (χ3v) is 2.44. The molecule has 0 aliphatic heterocycles. The van der Waals surface area contributed by atoms with Crippen molar-refractivity contribution in [2.75, 3.05) is 11.9 Å². The van der Waals surface area contributed by atoms with Gasteiger partial charge in [0.25, 0.3) is 0 Å². The van der Waals surface area contributed by atoms with E-state index in [1.165, 1.54) is 0 Å². The van der Waals surface area contributed by atoms with Crippen molar-refractivity contribution in [2.45, 2.75) is 6.42 Å². The van der Waals surface area contributed by atoms with Crippen LogP contribution in [0.2, 0.25) is 0 Å². The van der Waals surface area contributed by atoms with Crippen molar-refractivity contribution in [3.8, 4) is 6.07 Å². The minimum absolute atomic E-state index is 0.0614. The van der Waals surface area contributed by atoms with Gasteiger partial charge in [0, 0.05) is 23.1 Å². The normalized spacial score (nSPS) is 10.1. The zero-order valence-electron chi connectivity index (χ0n) is 9.03. The van der Waals surface area contributed by atoms with E-state index < -0.39 is 5.97 Å². The number of nitriles is 1. The first kappa shape index (κ1) is 11.0. The molecular weight excluding hydrogens is 218 g/mol. The zero-order chi connectivity index (χ0) is 12.3. The summed E-state index contributed by atoms with van der Waals surface area (Å²) >= 11 is 0. The van der Waals surface area contributed by atoms with Crippen molar-refractivity contribution in [2.24, 2.45) is 0 Å². The van der Waals surface area contributed by atoms with Crippen molar-refractivity contribution >= 4 is 22.6 Å². The summed E-state index contributed by atoms with van der Waals surface area (Å²) in [6, 6.07) is 9.37. The average Bonchev–Trinajstić information content (AvgIpc) is 2.72. The van der Waals surface area contributed by atoms with Crippen molar-refractivity contribution in [3.63, 3.8) is 0 Å². The summed E-state index contributed by atoms with van der Waals surface area (Å²) in [5, 5.41) is 21.3. The number of fused-ring (bicyclic) bond motifs is 1. The summed E-state index contributed by atoms with van der Waals surface area (Å²) in [7, 11) is 0. The van der Waals surface area contributed by atoms with Crippen LogP contribution in [0.3, 0.4) is 0 Å². The van der Waals surface area contributed by atoms with Crippen LogP contribution in [0.15, 0.2) is 24.3 Å². The molecule has 0 aliphatic rings. The quantitative estimate of drug-likeness (QED) is 0.747. The number of hydrogen-bond donors (Lipinski definition) is 3. The Labute approximate surface area is 97.7 Å². The Morgan fingerprint density at radius 1 is 1.53 bits per heavy atom. The average molecular weight is 229 g/mol. The van der Waals surface area contributed by atoms with E-state index in [0.29, 0.717) is 12.2 Å². The molecular formula is C12H11N3O2. The minimum Gasteiger partial charge on any atom is -0.481 e. The molecule has 5 nitrogen and oxygen atoms in total. The molecule has 0 amide bonds. The first-order valence-electron chi connectivity index (χ1n) is 5.18. The number of rotatable bonds is 4. The van der Waals surface area contributed by atoms with Gasteiger partial charge < -0.3 is 15.4 Å². The molecule has 2 aromatic rings. The maximum absolute atomic E-state index is 10.4. The number of nitrogens with one attached hydrogen (secondary N) is 2. The topological polar surface area (TPSA) is 88.9 Å². The van der Waals surface area contributed by atoms with Gasteiger partial charge in [-0.3, -0.25) is 4.79 Å². The van der Waals surface area contributed by atoms with Gasteiger partial charge in [-0.15, -0.1) is 0 Å². The maximum atomic E-state index is 10.4. The van der Waals surface area contributed by atoms with Gasteiger partial charge in [0.15, 0.2) is 0 Å². The predicted molar refractivity (Wildman–Crippen MR) is 63.8 cm³/mol. The molecule has 0 fully saturated rings. The number of anilines is 1. The van der Waals surface area contributed by atoms with E-state index in [9.17, 15) is 4.79 Å². The molecule has 0 unspecified atom stereocenters. The number of carboxylic acids is 1. The van der Waals surface area contributed by atoms with Crippen LogP contribution < -0.4 is 5.32 Å². The molecule has 0 radical (unpaired) electrons. The van der Waals surface area contributed by atoms with Crippen molar-refractivity contribution in [3.05, 3.63) is 30.0 Å². The third-order valence-electron chi connectivity index (χ3n) is 2.44. The standard InChI is InChI=1S/C12H11N3O2/c13-7-8-6-9-10(14-5-4-12(16)17)2-1-3-11(9)15-8/h1-3,6,14-15H,4-5H2,(H,16,17). The molecule has 0 bridgehead atoms. The lowest BCUT2D eigenvalue weighted by Crippen LogP contribution is -2.07. The fourth-order valence-corrected chi connectivity index (χ4v) is 1.67. The summed E-state index contributed by atoms with van der Waals surface area (Å²) in [6.07, 6.45) is 0.0614. The number of benzene rings is 1. The largest absolute Gasteiger partial charge is 0.481 e. The SMILES string of the molecule is N#Cc1cc2c(NCCC(=O)O)cccc2[nH]1. The summed E-state index contributed by atoms with van der Waals surface area (Å²) in [6.45, 7) is 0.363. The van der Waals surface area contributed by atoms with E-state index in [0.717, 1.165) is 16.6 Å². The highest BCUT2D eigenvalue weighted by Gasteiger charge is 2.05. The zero-order valence-corrected chi connectivity index (χ0v) is 9.03. The van der Waals surface area contributed by atoms with Crippen molar-refractivity contribution in [1.29, 1.82) is 5.26 Å². The maximum Gasteiger partial charge on any atom is 0.305 e. The number of H-pyrrole nitrogens is 1. The fourth-order valence-electron chi connectivity index (χ4n) is 1.67. The Morgan fingerprint density at radius 2 is 2.35 bits per heavy atom. The van der Waals surface area contributed by atoms with Crippen LogP contribution in [0, 0.1) is 11.3 Å². The van der Waals surface area contributed by atoms with Gasteiger partial charge in [0.1, 0.15) is 11.8 Å². The second-order valence-corrected chi connectivity index (χ2v) is 3.63. The lowest BCUT2D eigenvalue weighted by Gasteiger charge is -2.05. The molecule has 5 heteroatoms. The Morgan fingerprint density at radius 3 is 3.06 bits per heavy atom. The van der Waals surface area contributed by atoms with Gasteiger partial charge in [0.2, 0.25) is 0 Å². The van der Waals surface area contributed by atoms with Crippen LogP contribution in [0.4, 0.5) is 5.69 Å². The second-order valence-electron chi connectivity index (χ2n) is 3.63. The summed E-state index contributed by atoms with van der Waals surface area (Å²) in [4.78, 5) is 13.4. The van der Waals surface area contributed by atoms with Gasteiger partial charge >= 0.3 is 5.97 Å². The molecule has 3 N–H and O–H groups in total. The molecule has 0 spiro atoms. The number of carboxylic acid groups (broad SMARTS) is 1. The lowest BCUT2D eigenvalue weighted by molar-refractivity contribution is -0.136. The van der Waals surface area contributed by atoms with E-state index in [1.807, 2.05) is 24.3 Å². The molecule has 0 aliphatic carbocycles. The molecule has 0 atom stereocenters. The second kappa shape index (κ2) is 4.58. The van der Waals surface area contributed by atoms with Gasteiger partial charge in [-0.1, -0.05) is 6.07 Å². The number of aromatic nitrogens is 1. The van der Waals surface area contributed by atoms with Gasteiger partial charge in [-0.2, -0.15) is 5.26 Å². The molecule has 1 heterocycles. The van der Waals surface area contributed by atoms with Gasteiger partial charge in [0.05, 0.1) is 6.42 Å². The van der Waals surface area contributed by atoms with Crippen LogP contribution in [-0.4, -0.2) is 22.6 Å². The molecule has 86 valence electrons. The van der Waals surface area contributed by atoms with Crippen LogP contribution >= 0.6 is 0 Å². The highest BCUT2D eigenvalue weighted by Crippen LogP contribution is 2.23. The Kier molecular flexibility index (Phi) is 2.97. The monoisotopic (exact) mass is 229 g/mol. The fraction of sp³-hybridized carbons (Fsp3) is 0.167. The summed E-state index contributed by atoms with van der Waals surface area (Å²) < 4.78 is 0. The molecule has 1 aromatic carbocycles. The number of hydrogen-bond acceptors (Lipinski definition) is 3. The van der Waals surface area contributed by atoms with E-state index in [2.05, 4.69) is 10.3 Å². The molecule has 0 saturated carbocycles. The van der Waals surface area contributed by atoms with Crippen LogP contribution in [0.25, 0.3) is 10.9 Å². The molecule has 0 saturated heterocycles. The highest BCUT2D eigenvalue weighted by molar-refractivity contribution is 5.93. The lowest BCUT2D eigenvalue weighted by atomic mass is 10.2. The van der Waals surface area contributed by atoms with E-state index in [1.54, 1.807) is 6.07 Å². The van der Waals surface area contributed by atoms with Crippen LogP contribution in [0.1, 0.15) is 12.1 Å². The van der Waals surface area contributed by atoms with Crippen LogP contribution in [0.5, 0.6) is 0 Å². The first-order valence-corrected chi connectivity index (χ1v) is 5.18. The minimum atomic E-state index is -0.837. The van der Waals surface area contributed by atoms with Crippen molar-refractivity contribution < 1.29 is 9.90 Å². The summed E-state index contributed by atoms with van der Waals surface area (Å²) in [5.74, 6) is -0.837. The molecule has 17 heavy (non-hydrogen) atoms. The van der Waals surface area contributed by atoms with Gasteiger partial charge in [-0.05, 0) is 18.2 Å². The molecule has 2 rings (SSSR count). The number of aliphatic carboxylic acids is 1. The van der Waals surface area contributed by atoms with E-state index in [4.69, 9.17) is 10.4 Å². The summed E-state index contributed by atoms with van der Waals surface area (Å²) in [5.41, 5.74) is 2.19. The number of carbonyl (C=O) groups is 1.